The zero-order valence-corrected chi connectivity index (χ0v) is 6.36. The number of nitrogens with two attached hydrogens (primary N) is 1. The van der Waals surface area contributed by atoms with Crippen molar-refractivity contribution < 1.29 is 0 Å². The van der Waals surface area contributed by atoms with Gasteiger partial charge in [-0.3, -0.25) is 10.1 Å². The molecule has 0 bridgehead atoms. The van der Waals surface area contributed by atoms with Crippen LogP contribution in [0, 0.1) is 0 Å². The van der Waals surface area contributed by atoms with Gasteiger partial charge in [0.15, 0.2) is 0 Å². The van der Waals surface area contributed by atoms with Gasteiger partial charge in [0.05, 0.1) is 6.20 Å². The third-order valence-electron chi connectivity index (χ3n) is 1.66. The van der Waals surface area contributed by atoms with Crippen LogP contribution in [0.25, 0.3) is 11.1 Å². The van der Waals surface area contributed by atoms with Gasteiger partial charge >= 0.3 is 0 Å². The van der Waals surface area contributed by atoms with Crippen molar-refractivity contribution in [2.75, 3.05) is 5.73 Å². The topological polar surface area (TPSA) is 67.6 Å². The van der Waals surface area contributed by atoms with Gasteiger partial charge in [-0.25, -0.2) is 0 Å². The molecule has 0 fully saturated rings. The van der Waals surface area contributed by atoms with Crippen LogP contribution >= 0.6 is 0 Å². The van der Waals surface area contributed by atoms with Crippen molar-refractivity contribution in [1.82, 2.24) is 15.2 Å². The minimum Gasteiger partial charge on any atom is -0.398 e. The van der Waals surface area contributed by atoms with Crippen LogP contribution in [0.15, 0.2) is 30.9 Å². The number of aromatic nitrogens is 3. The van der Waals surface area contributed by atoms with E-state index in [1.54, 1.807) is 30.9 Å². The number of hydrogen-bond acceptors (Lipinski definition) is 3. The molecule has 2 rings (SSSR count). The van der Waals surface area contributed by atoms with Crippen molar-refractivity contribution in [2.45, 2.75) is 0 Å². The molecule has 0 amide bonds. The lowest BCUT2D eigenvalue weighted by atomic mass is 10.1. The molecule has 2 aromatic rings. The molecule has 4 nitrogen and oxygen atoms in total. The van der Waals surface area contributed by atoms with Crippen LogP contribution in [0.5, 0.6) is 0 Å². The van der Waals surface area contributed by atoms with Crippen LogP contribution in [0.3, 0.4) is 0 Å². The summed E-state index contributed by atoms with van der Waals surface area (Å²) in [7, 11) is 0. The Morgan fingerprint density at radius 3 is 2.92 bits per heavy atom. The highest BCUT2D eigenvalue weighted by molar-refractivity contribution is 5.73. The molecule has 0 spiro atoms. The van der Waals surface area contributed by atoms with Crippen LogP contribution in [-0.2, 0) is 0 Å². The molecule has 0 aliphatic heterocycles. The predicted octanol–water partition coefficient (Wildman–Crippen LogP) is 1.05. The van der Waals surface area contributed by atoms with Crippen molar-refractivity contribution in [3.8, 4) is 11.1 Å². The highest BCUT2D eigenvalue weighted by atomic mass is 15.1. The molecule has 0 aliphatic carbocycles. The minimum atomic E-state index is 0.714. The fourth-order valence-corrected chi connectivity index (χ4v) is 1.04. The van der Waals surface area contributed by atoms with Gasteiger partial charge in [0.1, 0.15) is 0 Å². The Morgan fingerprint density at radius 1 is 1.33 bits per heavy atom. The lowest BCUT2D eigenvalue weighted by Gasteiger charge is -1.99. The first-order valence-corrected chi connectivity index (χ1v) is 3.56. The number of anilines is 1. The summed E-state index contributed by atoms with van der Waals surface area (Å²) < 4.78 is 0. The third kappa shape index (κ3) is 1.03. The third-order valence-corrected chi connectivity index (χ3v) is 1.66. The monoisotopic (exact) mass is 160 g/mol. The average molecular weight is 160 g/mol. The zero-order chi connectivity index (χ0) is 8.39. The van der Waals surface area contributed by atoms with Gasteiger partial charge in [-0.1, -0.05) is 0 Å². The number of nitrogen functional groups attached to an aromatic ring is 1. The van der Waals surface area contributed by atoms with E-state index in [4.69, 9.17) is 5.73 Å². The van der Waals surface area contributed by atoms with Gasteiger partial charge in [0.2, 0.25) is 0 Å². The molecule has 0 saturated carbocycles. The molecule has 2 heterocycles. The van der Waals surface area contributed by atoms with Gasteiger partial charge in [0, 0.05) is 35.4 Å². The molecule has 2 aromatic heterocycles. The standard InChI is InChI=1S/C8H8N4/c9-8-1-2-10-5-7(8)6-3-11-12-4-6/h1-5H,(H2,9,10)(H,11,12). The molecule has 0 unspecified atom stereocenters. The van der Waals surface area contributed by atoms with E-state index in [0.29, 0.717) is 5.69 Å². The van der Waals surface area contributed by atoms with E-state index in [9.17, 15) is 0 Å². The van der Waals surface area contributed by atoms with Crippen LogP contribution in [-0.4, -0.2) is 15.2 Å². The van der Waals surface area contributed by atoms with E-state index in [2.05, 4.69) is 15.2 Å². The van der Waals surface area contributed by atoms with Crippen molar-refractivity contribution in [2.24, 2.45) is 0 Å². The quantitative estimate of drug-likeness (QED) is 0.655. The molecule has 0 aromatic carbocycles. The fraction of sp³-hybridized carbons (Fsp3) is 0. The van der Waals surface area contributed by atoms with E-state index >= 15 is 0 Å². The SMILES string of the molecule is Nc1ccncc1-c1cn[nH]c1. The molecule has 12 heavy (non-hydrogen) atoms. The van der Waals surface area contributed by atoms with Crippen molar-refractivity contribution in [3.05, 3.63) is 30.9 Å². The number of H-pyrrole nitrogens is 1. The normalized spacial score (nSPS) is 10.0. The van der Waals surface area contributed by atoms with Gasteiger partial charge < -0.3 is 5.73 Å². The van der Waals surface area contributed by atoms with E-state index in [0.717, 1.165) is 11.1 Å². The highest BCUT2D eigenvalue weighted by Gasteiger charge is 2.01. The van der Waals surface area contributed by atoms with Crippen molar-refractivity contribution in [3.63, 3.8) is 0 Å². The molecule has 0 radical (unpaired) electrons. The first kappa shape index (κ1) is 6.84. The van der Waals surface area contributed by atoms with E-state index in [1.165, 1.54) is 0 Å². The summed E-state index contributed by atoms with van der Waals surface area (Å²) in [5, 5.41) is 6.55. The molecule has 4 heteroatoms. The van der Waals surface area contributed by atoms with Crippen LogP contribution in [0.1, 0.15) is 0 Å². The first-order chi connectivity index (χ1) is 5.88. The number of rotatable bonds is 1. The summed E-state index contributed by atoms with van der Waals surface area (Å²) in [4.78, 5) is 3.98. The van der Waals surface area contributed by atoms with Crippen LogP contribution < -0.4 is 5.73 Å². The maximum absolute atomic E-state index is 5.73. The fourth-order valence-electron chi connectivity index (χ4n) is 1.04. The largest absolute Gasteiger partial charge is 0.398 e. The van der Waals surface area contributed by atoms with Gasteiger partial charge in [-0.2, -0.15) is 5.10 Å². The molecule has 60 valence electrons. The van der Waals surface area contributed by atoms with Crippen LogP contribution in [0.2, 0.25) is 0 Å². The highest BCUT2D eigenvalue weighted by Crippen LogP contribution is 2.22. The van der Waals surface area contributed by atoms with Crippen molar-refractivity contribution in [1.29, 1.82) is 0 Å². The molecule has 0 saturated heterocycles. The van der Waals surface area contributed by atoms with Crippen molar-refractivity contribution >= 4 is 5.69 Å². The Bertz CT molecular complexity index is 366. The maximum atomic E-state index is 5.73. The second-order valence-electron chi connectivity index (χ2n) is 2.45. The second-order valence-corrected chi connectivity index (χ2v) is 2.45. The Morgan fingerprint density at radius 2 is 2.25 bits per heavy atom. The first-order valence-electron chi connectivity index (χ1n) is 3.56. The lowest BCUT2D eigenvalue weighted by Crippen LogP contribution is -1.89. The molecule has 0 atom stereocenters. The number of hydrogen-bond donors (Lipinski definition) is 2. The van der Waals surface area contributed by atoms with Gasteiger partial charge in [0.25, 0.3) is 0 Å². The Kier molecular flexibility index (Phi) is 1.51. The van der Waals surface area contributed by atoms with Gasteiger partial charge in [-0.05, 0) is 6.07 Å². The minimum absolute atomic E-state index is 0.714. The van der Waals surface area contributed by atoms with E-state index in [1.807, 2.05) is 0 Å². The summed E-state index contributed by atoms with van der Waals surface area (Å²) in [6.07, 6.45) is 6.89. The van der Waals surface area contributed by atoms with E-state index in [-0.39, 0.29) is 0 Å². The number of aromatic amines is 1. The Hall–Kier alpha value is -1.84. The average Bonchev–Trinajstić information content (AvgIpc) is 2.57. The smallest absolute Gasteiger partial charge is 0.0567 e. The van der Waals surface area contributed by atoms with Crippen LogP contribution in [0.4, 0.5) is 5.69 Å². The molecular formula is C8H8N4. The number of pyridine rings is 1. The van der Waals surface area contributed by atoms with E-state index < -0.39 is 0 Å². The molecular weight excluding hydrogens is 152 g/mol. The Balaban J connectivity index is 2.55. The maximum Gasteiger partial charge on any atom is 0.0567 e. The molecule has 3 N–H and O–H groups in total. The zero-order valence-electron chi connectivity index (χ0n) is 6.36. The summed E-state index contributed by atoms with van der Waals surface area (Å²) >= 11 is 0. The predicted molar refractivity (Wildman–Crippen MR) is 46.2 cm³/mol. The summed E-state index contributed by atoms with van der Waals surface area (Å²) in [6, 6.07) is 1.77. The summed E-state index contributed by atoms with van der Waals surface area (Å²) in [5.41, 5.74) is 8.31. The summed E-state index contributed by atoms with van der Waals surface area (Å²) in [6.45, 7) is 0. The molecule has 0 aliphatic rings. The summed E-state index contributed by atoms with van der Waals surface area (Å²) in [5.74, 6) is 0. The number of nitrogens with zero attached hydrogens (tertiary/aromatic N) is 2. The van der Waals surface area contributed by atoms with Gasteiger partial charge in [-0.15, -0.1) is 0 Å². The second kappa shape index (κ2) is 2.65. The Labute approximate surface area is 69.4 Å². The number of nitrogens with one attached hydrogen (secondary N) is 1. The lowest BCUT2D eigenvalue weighted by molar-refractivity contribution is 1.09.